The predicted octanol–water partition coefficient (Wildman–Crippen LogP) is 3.50. The largest absolute Gasteiger partial charge is 0.395 e. The first-order chi connectivity index (χ1) is 17.3. The van der Waals surface area contributed by atoms with Gasteiger partial charge in [0.25, 0.3) is 0 Å². The van der Waals surface area contributed by atoms with Crippen LogP contribution in [0.5, 0.6) is 0 Å². The van der Waals surface area contributed by atoms with E-state index >= 15 is 0 Å². The van der Waals surface area contributed by atoms with E-state index in [1.54, 1.807) is 0 Å². The molecular weight excluding hydrogens is 460 g/mol. The van der Waals surface area contributed by atoms with Gasteiger partial charge in [0.05, 0.1) is 6.10 Å². The highest BCUT2D eigenvalue weighted by atomic mass is 16.9. The first-order valence-corrected chi connectivity index (χ1v) is 13.8. The molecule has 8 nitrogen and oxygen atoms in total. The normalized spacial score (nSPS) is 50.4. The monoisotopic (exact) mass is 502 g/mol. The highest BCUT2D eigenvalue weighted by Crippen LogP contribution is 2.71. The topological polar surface area (TPSA) is 105 Å². The number of nitrogens with zero attached hydrogens (tertiary/aromatic N) is 1. The number of oxime groups is 1. The Labute approximate surface area is 214 Å². The third-order valence-electron chi connectivity index (χ3n) is 10.7. The minimum absolute atomic E-state index is 0.149. The van der Waals surface area contributed by atoms with E-state index in [1.165, 1.54) is 5.57 Å². The summed E-state index contributed by atoms with van der Waals surface area (Å²) in [6.07, 6.45) is 11.6. The lowest BCUT2D eigenvalue weighted by molar-refractivity contribution is -0.256. The number of allylic oxidation sites excluding steroid dienone is 4. The van der Waals surface area contributed by atoms with Crippen molar-refractivity contribution >= 4 is 5.71 Å². The van der Waals surface area contributed by atoms with E-state index in [1.807, 2.05) is 0 Å². The number of ether oxygens (including phenoxy) is 4. The molecular formula is C28H42N2O6. The molecule has 6 rings (SSSR count). The summed E-state index contributed by atoms with van der Waals surface area (Å²) in [5, 5.41) is 16.3. The number of hydrogen-bond acceptors (Lipinski definition) is 8. The van der Waals surface area contributed by atoms with E-state index in [0.717, 1.165) is 37.8 Å². The van der Waals surface area contributed by atoms with Gasteiger partial charge in [-0.3, -0.25) is 0 Å². The van der Waals surface area contributed by atoms with Crippen molar-refractivity contribution < 1.29 is 28.9 Å². The standard InChI is InChI=1S/C28H42N2O6/c1-18-12-20-21-7-9-27(28(35-17-33-27)15-32-16-34-28)26(21,3)14-23(31)24(20)25(2)8-6-19(13-22(18)25)30-36-11-5-4-10-29/h6,8,13,18,20-21,23-24,31H,4-5,7,9-12,14-17,29H2,1-3H3/b30-19+/t18-,20-,21-,23-,24+,25-,26-,27+,28?/m0/s1. The average molecular weight is 503 g/mol. The molecule has 0 aromatic heterocycles. The molecule has 2 saturated heterocycles. The van der Waals surface area contributed by atoms with Crippen molar-refractivity contribution in [3.63, 3.8) is 0 Å². The first kappa shape index (κ1) is 25.0. The fourth-order valence-corrected chi connectivity index (χ4v) is 9.22. The van der Waals surface area contributed by atoms with Gasteiger partial charge in [-0.1, -0.05) is 37.6 Å². The Morgan fingerprint density at radius 2 is 2.03 bits per heavy atom. The van der Waals surface area contributed by atoms with Gasteiger partial charge in [-0.25, -0.2) is 0 Å². The molecule has 2 heterocycles. The second kappa shape index (κ2) is 8.89. The van der Waals surface area contributed by atoms with Gasteiger partial charge >= 0.3 is 0 Å². The van der Waals surface area contributed by atoms with Gasteiger partial charge in [0.1, 0.15) is 24.5 Å². The van der Waals surface area contributed by atoms with Crippen LogP contribution >= 0.6 is 0 Å². The number of aliphatic hydroxyl groups is 1. The molecule has 5 fully saturated rings. The summed E-state index contributed by atoms with van der Waals surface area (Å²) in [5.41, 5.74) is 6.73. The van der Waals surface area contributed by atoms with Gasteiger partial charge < -0.3 is 34.6 Å². The molecule has 9 atom stereocenters. The van der Waals surface area contributed by atoms with Crippen LogP contribution in [-0.2, 0) is 23.8 Å². The maximum absolute atomic E-state index is 11.9. The SMILES string of the molecule is C[C@H]1C[C@@H]2[C@H]([C@@H](O)C[C@@]3(C)[C@H]2CC[C@@]32OCOC23COCO3)[C@@]2(C)C=C/C(=N\OCCCCN)C=C12. The van der Waals surface area contributed by atoms with Crippen molar-refractivity contribution in [3.05, 3.63) is 23.8 Å². The van der Waals surface area contributed by atoms with Crippen molar-refractivity contribution in [1.82, 2.24) is 0 Å². The molecule has 2 aliphatic heterocycles. The smallest absolute Gasteiger partial charge is 0.226 e. The van der Waals surface area contributed by atoms with Crippen LogP contribution in [0.2, 0.25) is 0 Å². The third kappa shape index (κ3) is 3.31. The number of aliphatic hydroxyl groups excluding tert-OH is 1. The van der Waals surface area contributed by atoms with Crippen LogP contribution in [0.3, 0.4) is 0 Å². The van der Waals surface area contributed by atoms with E-state index in [2.05, 4.69) is 44.2 Å². The van der Waals surface area contributed by atoms with Crippen molar-refractivity contribution in [2.45, 2.75) is 76.8 Å². The fourth-order valence-electron chi connectivity index (χ4n) is 9.22. The van der Waals surface area contributed by atoms with Crippen LogP contribution in [0.4, 0.5) is 0 Å². The maximum atomic E-state index is 11.9. The van der Waals surface area contributed by atoms with Crippen LogP contribution in [0.25, 0.3) is 0 Å². The molecule has 0 aromatic carbocycles. The molecule has 3 N–H and O–H groups in total. The zero-order valence-electron chi connectivity index (χ0n) is 21.9. The molecule has 3 saturated carbocycles. The highest BCUT2D eigenvalue weighted by molar-refractivity contribution is 6.05. The predicted molar refractivity (Wildman–Crippen MR) is 134 cm³/mol. The van der Waals surface area contributed by atoms with Crippen LogP contribution in [-0.4, -0.2) is 61.7 Å². The van der Waals surface area contributed by atoms with Crippen molar-refractivity contribution in [2.75, 3.05) is 33.3 Å². The fraction of sp³-hybridized carbons (Fsp3) is 0.821. The molecule has 36 heavy (non-hydrogen) atoms. The van der Waals surface area contributed by atoms with Gasteiger partial charge in [0.15, 0.2) is 13.6 Å². The van der Waals surface area contributed by atoms with Crippen LogP contribution in [0, 0.1) is 34.5 Å². The van der Waals surface area contributed by atoms with Crippen molar-refractivity contribution in [3.8, 4) is 0 Å². The molecule has 200 valence electrons. The van der Waals surface area contributed by atoms with Crippen LogP contribution in [0.1, 0.15) is 59.3 Å². The summed E-state index contributed by atoms with van der Waals surface area (Å²) >= 11 is 0. The Morgan fingerprint density at radius 3 is 2.81 bits per heavy atom. The molecule has 2 spiro atoms. The molecule has 8 heteroatoms. The van der Waals surface area contributed by atoms with Gasteiger partial charge in [-0.15, -0.1) is 0 Å². The minimum Gasteiger partial charge on any atom is -0.395 e. The Morgan fingerprint density at radius 1 is 1.19 bits per heavy atom. The Balaban J connectivity index is 1.29. The van der Waals surface area contributed by atoms with Gasteiger partial charge in [0, 0.05) is 16.7 Å². The average Bonchev–Trinajstić information content (AvgIpc) is 3.54. The molecule has 1 unspecified atom stereocenters. The minimum atomic E-state index is -0.863. The number of nitrogens with two attached hydrogens (primary N) is 1. The van der Waals surface area contributed by atoms with E-state index in [-0.39, 0.29) is 30.3 Å². The quantitative estimate of drug-likeness (QED) is 0.438. The summed E-state index contributed by atoms with van der Waals surface area (Å²) < 4.78 is 24.4. The Bertz CT molecular complexity index is 954. The molecule has 4 aliphatic carbocycles. The summed E-state index contributed by atoms with van der Waals surface area (Å²) in [6, 6.07) is 0. The second-order valence-electron chi connectivity index (χ2n) is 12.3. The van der Waals surface area contributed by atoms with Gasteiger partial charge in [0.2, 0.25) is 5.79 Å². The zero-order valence-corrected chi connectivity index (χ0v) is 21.9. The Kier molecular flexibility index (Phi) is 6.17. The molecule has 0 amide bonds. The van der Waals surface area contributed by atoms with Gasteiger partial charge in [-0.2, -0.15) is 0 Å². The lowest BCUT2D eigenvalue weighted by atomic mass is 9.44. The lowest BCUT2D eigenvalue weighted by Gasteiger charge is -2.62. The van der Waals surface area contributed by atoms with Crippen LogP contribution < -0.4 is 5.73 Å². The van der Waals surface area contributed by atoms with Crippen LogP contribution in [0.15, 0.2) is 29.0 Å². The Hall–Kier alpha value is -1.29. The number of unbranched alkanes of at least 4 members (excludes halogenated alkanes) is 1. The van der Waals surface area contributed by atoms with E-state index in [0.29, 0.717) is 43.9 Å². The maximum Gasteiger partial charge on any atom is 0.226 e. The van der Waals surface area contributed by atoms with E-state index in [9.17, 15) is 5.11 Å². The van der Waals surface area contributed by atoms with E-state index in [4.69, 9.17) is 29.5 Å². The second-order valence-corrected chi connectivity index (χ2v) is 12.3. The van der Waals surface area contributed by atoms with Gasteiger partial charge in [-0.05, 0) is 75.0 Å². The van der Waals surface area contributed by atoms with Crippen molar-refractivity contribution in [1.29, 1.82) is 0 Å². The molecule has 0 aromatic rings. The summed E-state index contributed by atoms with van der Waals surface area (Å²) in [4.78, 5) is 5.56. The number of fused-ring (bicyclic) bond motifs is 7. The van der Waals surface area contributed by atoms with E-state index < -0.39 is 17.5 Å². The number of hydrogen-bond donors (Lipinski definition) is 2. The molecule has 0 radical (unpaired) electrons. The number of rotatable bonds is 5. The zero-order chi connectivity index (χ0) is 25.2. The highest BCUT2D eigenvalue weighted by Gasteiger charge is 2.76. The summed E-state index contributed by atoms with van der Waals surface area (Å²) in [6.45, 7) is 9.04. The first-order valence-electron chi connectivity index (χ1n) is 13.8. The summed E-state index contributed by atoms with van der Waals surface area (Å²) in [5.74, 6) is 0.475. The third-order valence-corrected chi connectivity index (χ3v) is 10.7. The van der Waals surface area contributed by atoms with Crippen molar-refractivity contribution in [2.24, 2.45) is 45.4 Å². The summed E-state index contributed by atoms with van der Waals surface area (Å²) in [7, 11) is 0. The molecule has 0 bridgehead atoms. The molecule has 6 aliphatic rings. The lowest BCUT2D eigenvalue weighted by Crippen LogP contribution is -2.66.